The molecule has 0 spiro atoms. The Morgan fingerprint density at radius 2 is 1.81 bits per heavy atom. The average molecular weight is 407 g/mol. The van der Waals surface area contributed by atoms with Crippen LogP contribution in [0.1, 0.15) is 29.4 Å². The van der Waals surface area contributed by atoms with E-state index in [1.54, 1.807) is 11.1 Å². The van der Waals surface area contributed by atoms with E-state index in [2.05, 4.69) is 72.1 Å². The molecule has 0 aliphatic heterocycles. The van der Waals surface area contributed by atoms with Crippen molar-refractivity contribution < 1.29 is 0 Å². The smallest absolute Gasteiger partial charge is 0.0584 e. The maximum atomic E-state index is 4.05. The summed E-state index contributed by atoms with van der Waals surface area (Å²) in [4.78, 5) is 1.20. The highest BCUT2D eigenvalue weighted by molar-refractivity contribution is 9.14. The third kappa shape index (κ3) is 0.950. The zero-order valence-electron chi connectivity index (χ0n) is 8.54. The van der Waals surface area contributed by atoms with Gasteiger partial charge in [0.1, 0.15) is 0 Å². The molecule has 0 aromatic heterocycles. The second kappa shape index (κ2) is 3.16. The summed E-state index contributed by atoms with van der Waals surface area (Å²) in [5.74, 6) is 2.29. The minimum atomic E-state index is 0.233. The molecule has 0 nitrogen and oxygen atoms in total. The molecule has 1 aromatic rings. The first-order valence-corrected chi connectivity index (χ1v) is 8.34. The van der Waals surface area contributed by atoms with Crippen molar-refractivity contribution in [2.75, 3.05) is 0 Å². The molecule has 3 aliphatic carbocycles. The molecule has 2 fully saturated rings. The van der Waals surface area contributed by atoms with Gasteiger partial charge in [0.25, 0.3) is 0 Å². The third-order valence-corrected chi connectivity index (χ3v) is 10.1. The summed E-state index contributed by atoms with van der Waals surface area (Å²) >= 11 is 11.8. The van der Waals surface area contributed by atoms with Gasteiger partial charge in [-0.15, -0.1) is 0 Å². The molecular formula is C13H11Br3. The van der Waals surface area contributed by atoms with Crippen LogP contribution in [0.2, 0.25) is 0 Å². The van der Waals surface area contributed by atoms with Crippen LogP contribution in [0.3, 0.4) is 0 Å². The van der Waals surface area contributed by atoms with Crippen molar-refractivity contribution in [2.45, 2.75) is 32.2 Å². The summed E-state index contributed by atoms with van der Waals surface area (Å²) in [5.41, 5.74) is 3.17. The molecule has 0 radical (unpaired) electrons. The van der Waals surface area contributed by atoms with Gasteiger partial charge in [-0.25, -0.2) is 0 Å². The summed E-state index contributed by atoms with van der Waals surface area (Å²) < 4.78 is 0.233. The quantitative estimate of drug-likeness (QED) is 0.554. The largest absolute Gasteiger partial charge is 0.0875 e. The summed E-state index contributed by atoms with van der Waals surface area (Å²) in [7, 11) is 0. The Balaban J connectivity index is 1.91. The van der Waals surface area contributed by atoms with Gasteiger partial charge in [-0.2, -0.15) is 0 Å². The van der Waals surface area contributed by atoms with Crippen LogP contribution < -0.4 is 0 Å². The fraction of sp³-hybridized carbons (Fsp3) is 0.538. The first kappa shape index (κ1) is 10.6. The van der Waals surface area contributed by atoms with Gasteiger partial charge in [0.15, 0.2) is 0 Å². The van der Waals surface area contributed by atoms with Gasteiger partial charge in [-0.1, -0.05) is 72.1 Å². The number of hydrogen-bond donors (Lipinski definition) is 0. The summed E-state index contributed by atoms with van der Waals surface area (Å²) in [5, 5.41) is 0. The molecule has 2 bridgehead atoms. The van der Waals surface area contributed by atoms with Crippen molar-refractivity contribution in [1.82, 2.24) is 0 Å². The standard InChI is InChI=1S/C13H11Br3/c14-9-5-8-10-6-3-1-2-4-7(6)11(10)13(9,16)12(8)15/h1-4,8-12H,5H2/t8-,9+,10-,11-,12-,13-/m1/s1. The van der Waals surface area contributed by atoms with Gasteiger partial charge in [-0.05, 0) is 29.4 Å². The van der Waals surface area contributed by atoms with E-state index in [0.29, 0.717) is 15.6 Å². The van der Waals surface area contributed by atoms with Crippen molar-refractivity contribution in [3.05, 3.63) is 35.4 Å². The first-order valence-electron chi connectivity index (χ1n) is 5.71. The highest BCUT2D eigenvalue weighted by Gasteiger charge is 2.70. The Hall–Kier alpha value is 0.660. The average Bonchev–Trinajstić information content (AvgIpc) is 2.57. The van der Waals surface area contributed by atoms with E-state index < -0.39 is 0 Å². The van der Waals surface area contributed by atoms with Crippen LogP contribution in [-0.4, -0.2) is 14.0 Å². The highest BCUT2D eigenvalue weighted by Crippen LogP contribution is 2.75. The van der Waals surface area contributed by atoms with Crippen LogP contribution >= 0.6 is 47.8 Å². The molecule has 0 N–H and O–H groups in total. The molecule has 0 saturated heterocycles. The Morgan fingerprint density at radius 1 is 1.12 bits per heavy atom. The molecule has 2 saturated carbocycles. The van der Waals surface area contributed by atoms with E-state index in [9.17, 15) is 0 Å². The topological polar surface area (TPSA) is 0 Å². The number of hydrogen-bond acceptors (Lipinski definition) is 0. The maximum Gasteiger partial charge on any atom is 0.0584 e. The van der Waals surface area contributed by atoms with Gasteiger partial charge in [0.05, 0.1) is 4.32 Å². The lowest BCUT2D eigenvalue weighted by Gasteiger charge is -2.47. The second-order valence-electron chi connectivity index (χ2n) is 5.23. The second-order valence-corrected chi connectivity index (χ2v) is 8.69. The lowest BCUT2D eigenvalue weighted by Crippen LogP contribution is -2.44. The Labute approximate surface area is 121 Å². The number of rotatable bonds is 0. The van der Waals surface area contributed by atoms with Gasteiger partial charge in [0, 0.05) is 15.6 Å². The van der Waals surface area contributed by atoms with Gasteiger partial charge < -0.3 is 0 Å². The SMILES string of the molecule is Br[C@@H]1[C@@H]2C[C@H](Br)[C@@]1(Br)[C@@H]1c3ccccc3[C@H]21. The molecule has 3 heteroatoms. The van der Waals surface area contributed by atoms with E-state index >= 15 is 0 Å². The van der Waals surface area contributed by atoms with Gasteiger partial charge in [0.2, 0.25) is 0 Å². The monoisotopic (exact) mass is 404 g/mol. The zero-order chi connectivity index (χ0) is 11.1. The molecule has 4 rings (SSSR count). The third-order valence-electron chi connectivity index (χ3n) is 4.74. The van der Waals surface area contributed by atoms with Crippen molar-refractivity contribution in [2.24, 2.45) is 5.92 Å². The fourth-order valence-corrected chi connectivity index (χ4v) is 7.66. The van der Waals surface area contributed by atoms with E-state index in [1.807, 2.05) is 0 Å². The molecule has 6 atom stereocenters. The van der Waals surface area contributed by atoms with Crippen LogP contribution in [0.25, 0.3) is 0 Å². The number of fused-ring (bicyclic) bond motifs is 8. The molecule has 0 amide bonds. The molecule has 84 valence electrons. The Kier molecular flexibility index (Phi) is 2.08. The van der Waals surface area contributed by atoms with Crippen LogP contribution in [0.15, 0.2) is 24.3 Å². The predicted molar refractivity (Wildman–Crippen MR) is 77.1 cm³/mol. The summed E-state index contributed by atoms with van der Waals surface area (Å²) in [6, 6.07) is 8.97. The number of benzene rings is 1. The fourth-order valence-electron chi connectivity index (χ4n) is 4.10. The van der Waals surface area contributed by atoms with E-state index in [4.69, 9.17) is 0 Å². The molecule has 0 unspecified atom stereocenters. The predicted octanol–water partition coefficient (Wildman–Crippen LogP) is 4.56. The van der Waals surface area contributed by atoms with Crippen LogP contribution in [0.4, 0.5) is 0 Å². The number of halogens is 3. The normalized spacial score (nSPS) is 52.1. The molecule has 16 heavy (non-hydrogen) atoms. The number of alkyl halides is 3. The van der Waals surface area contributed by atoms with Crippen LogP contribution in [0, 0.1) is 5.92 Å². The molecule has 0 heterocycles. The Morgan fingerprint density at radius 3 is 2.56 bits per heavy atom. The maximum absolute atomic E-state index is 4.05. The minimum Gasteiger partial charge on any atom is -0.0875 e. The van der Waals surface area contributed by atoms with Crippen molar-refractivity contribution in [3.8, 4) is 0 Å². The lowest BCUT2D eigenvalue weighted by molar-refractivity contribution is 0.352. The van der Waals surface area contributed by atoms with Crippen LogP contribution in [0.5, 0.6) is 0 Å². The van der Waals surface area contributed by atoms with E-state index in [0.717, 1.165) is 11.8 Å². The van der Waals surface area contributed by atoms with Crippen LogP contribution in [-0.2, 0) is 0 Å². The van der Waals surface area contributed by atoms with E-state index in [-0.39, 0.29) is 4.32 Å². The lowest BCUT2D eigenvalue weighted by atomic mass is 9.61. The van der Waals surface area contributed by atoms with Crippen molar-refractivity contribution in [1.29, 1.82) is 0 Å². The Bertz CT molecular complexity index is 472. The molecule has 1 aromatic carbocycles. The van der Waals surface area contributed by atoms with Gasteiger partial charge in [-0.3, -0.25) is 0 Å². The van der Waals surface area contributed by atoms with Crippen molar-refractivity contribution >= 4 is 47.8 Å². The van der Waals surface area contributed by atoms with Crippen molar-refractivity contribution in [3.63, 3.8) is 0 Å². The minimum absolute atomic E-state index is 0.233. The highest BCUT2D eigenvalue weighted by atomic mass is 79.9. The zero-order valence-corrected chi connectivity index (χ0v) is 13.3. The first-order chi connectivity index (χ1) is 7.65. The van der Waals surface area contributed by atoms with Gasteiger partial charge >= 0.3 is 0 Å². The molecular weight excluding hydrogens is 396 g/mol. The summed E-state index contributed by atoms with van der Waals surface area (Å²) in [6.45, 7) is 0. The summed E-state index contributed by atoms with van der Waals surface area (Å²) in [6.07, 6.45) is 1.29. The molecule has 3 aliphatic rings. The van der Waals surface area contributed by atoms with E-state index in [1.165, 1.54) is 6.42 Å².